The molecule has 0 aliphatic carbocycles. The van der Waals surface area contributed by atoms with Crippen LogP contribution in [0.25, 0.3) is 10.9 Å². The minimum atomic E-state index is -0.179. The van der Waals surface area contributed by atoms with Crippen molar-refractivity contribution < 1.29 is 8.78 Å². The van der Waals surface area contributed by atoms with Crippen LogP contribution in [0, 0.1) is 23.0 Å². The molecule has 3 heterocycles. The van der Waals surface area contributed by atoms with Gasteiger partial charge in [-0.25, -0.2) is 8.78 Å². The average Bonchev–Trinajstić information content (AvgIpc) is 3.43. The number of rotatable bonds is 7. The average molecular weight is 557 g/mol. The number of nitrogens with one attached hydrogen (secondary N) is 2. The molecule has 4 aromatic rings. The lowest BCUT2D eigenvalue weighted by Gasteiger charge is -2.36. The summed E-state index contributed by atoms with van der Waals surface area (Å²) in [5.74, 6) is -0.347. The molecule has 0 saturated carbocycles. The Hall–Kier alpha value is -3.93. The van der Waals surface area contributed by atoms with Crippen LogP contribution in [0.4, 0.5) is 20.2 Å². The molecule has 8 heteroatoms. The molecule has 0 atom stereocenters. The normalized spacial score (nSPS) is 15.8. The van der Waals surface area contributed by atoms with Crippen LogP contribution in [0.2, 0.25) is 0 Å². The van der Waals surface area contributed by atoms with Gasteiger partial charge in [0, 0.05) is 80.8 Å². The van der Waals surface area contributed by atoms with Crippen molar-refractivity contribution in [3.63, 3.8) is 0 Å². The third-order valence-electron chi connectivity index (χ3n) is 7.94. The van der Waals surface area contributed by atoms with Gasteiger partial charge in [0.1, 0.15) is 11.6 Å². The van der Waals surface area contributed by atoms with Crippen LogP contribution in [0.15, 0.2) is 72.9 Å². The summed E-state index contributed by atoms with van der Waals surface area (Å²) in [5, 5.41) is 13.6. The zero-order valence-corrected chi connectivity index (χ0v) is 23.5. The van der Waals surface area contributed by atoms with Crippen molar-refractivity contribution in [3.8, 4) is 6.07 Å². The summed E-state index contributed by atoms with van der Waals surface area (Å²) < 4.78 is 25.7. The number of aryl methyl sites for hydroxylation is 1. The Morgan fingerprint density at radius 1 is 0.732 bits per heavy atom. The summed E-state index contributed by atoms with van der Waals surface area (Å²) in [5.41, 5.74) is 5.34. The van der Waals surface area contributed by atoms with E-state index in [-0.39, 0.29) is 11.6 Å². The molecule has 2 saturated heterocycles. The second-order valence-electron chi connectivity index (χ2n) is 10.7. The van der Waals surface area contributed by atoms with E-state index < -0.39 is 0 Å². The first kappa shape index (κ1) is 28.6. The second-order valence-corrected chi connectivity index (χ2v) is 10.7. The number of H-pyrrole nitrogens is 1. The van der Waals surface area contributed by atoms with Crippen LogP contribution in [-0.2, 0) is 6.42 Å². The summed E-state index contributed by atoms with van der Waals surface area (Å²) in [6, 6.07) is 21.5. The van der Waals surface area contributed by atoms with E-state index in [1.165, 1.54) is 41.6 Å². The van der Waals surface area contributed by atoms with Crippen molar-refractivity contribution in [1.82, 2.24) is 15.2 Å². The lowest BCUT2D eigenvalue weighted by molar-refractivity contribution is 0.253. The molecule has 0 bridgehead atoms. The second kappa shape index (κ2) is 14.1. The molecular weight excluding hydrogens is 518 g/mol. The molecule has 2 N–H and O–H groups in total. The van der Waals surface area contributed by atoms with Gasteiger partial charge in [0.2, 0.25) is 0 Å². The molecule has 1 aromatic heterocycles. The van der Waals surface area contributed by atoms with E-state index in [2.05, 4.69) is 37.3 Å². The lowest BCUT2D eigenvalue weighted by Crippen LogP contribution is -2.46. The SMILES string of the molecule is Fc1ccc(N2CCNCC2)cc1.N#Cc1ccc2[nH]cc(CCCCN3CCN(c4ccc(F)cc4)CC3)c2c1. The van der Waals surface area contributed by atoms with Gasteiger partial charge < -0.3 is 20.1 Å². The zero-order chi connectivity index (χ0) is 28.4. The van der Waals surface area contributed by atoms with Gasteiger partial charge in [0.15, 0.2) is 0 Å². The predicted molar refractivity (Wildman–Crippen MR) is 162 cm³/mol. The van der Waals surface area contributed by atoms with Crippen molar-refractivity contribution in [2.45, 2.75) is 19.3 Å². The topological polar surface area (TPSA) is 61.3 Å². The number of fused-ring (bicyclic) bond motifs is 1. The van der Waals surface area contributed by atoms with Gasteiger partial charge in [0.05, 0.1) is 11.6 Å². The third-order valence-corrected chi connectivity index (χ3v) is 7.94. The fourth-order valence-corrected chi connectivity index (χ4v) is 5.56. The Morgan fingerprint density at radius 2 is 1.34 bits per heavy atom. The Morgan fingerprint density at radius 3 is 1.95 bits per heavy atom. The van der Waals surface area contributed by atoms with E-state index in [1.54, 1.807) is 0 Å². The lowest BCUT2D eigenvalue weighted by atomic mass is 10.1. The van der Waals surface area contributed by atoms with Crippen molar-refractivity contribution >= 4 is 22.3 Å². The van der Waals surface area contributed by atoms with Crippen LogP contribution < -0.4 is 15.1 Å². The maximum atomic E-state index is 13.1. The van der Waals surface area contributed by atoms with Gasteiger partial charge in [0.25, 0.3) is 0 Å². The molecule has 2 aliphatic heterocycles. The van der Waals surface area contributed by atoms with Crippen LogP contribution in [0.1, 0.15) is 24.0 Å². The molecule has 0 radical (unpaired) electrons. The number of aromatic amines is 1. The Balaban J connectivity index is 0.000000216. The summed E-state index contributed by atoms with van der Waals surface area (Å²) in [4.78, 5) is 10.4. The monoisotopic (exact) mass is 556 g/mol. The molecule has 41 heavy (non-hydrogen) atoms. The summed E-state index contributed by atoms with van der Waals surface area (Å²) >= 11 is 0. The number of unbranched alkanes of at least 4 members (excludes halogenated alkanes) is 1. The van der Waals surface area contributed by atoms with Crippen LogP contribution in [-0.4, -0.2) is 68.8 Å². The smallest absolute Gasteiger partial charge is 0.123 e. The van der Waals surface area contributed by atoms with E-state index in [0.29, 0.717) is 5.56 Å². The molecule has 2 aliphatic rings. The van der Waals surface area contributed by atoms with E-state index in [1.807, 2.05) is 42.5 Å². The predicted octanol–water partition coefficient (Wildman–Crippen LogP) is 5.56. The minimum Gasteiger partial charge on any atom is -0.369 e. The van der Waals surface area contributed by atoms with Crippen LogP contribution >= 0.6 is 0 Å². The number of aromatic nitrogens is 1. The molecule has 0 amide bonds. The molecule has 2 fully saturated rings. The quantitative estimate of drug-likeness (QED) is 0.292. The number of halogens is 2. The molecule has 6 rings (SSSR count). The molecular formula is C33H38F2N6. The van der Waals surface area contributed by atoms with E-state index in [4.69, 9.17) is 5.26 Å². The third kappa shape index (κ3) is 7.84. The van der Waals surface area contributed by atoms with E-state index in [9.17, 15) is 8.78 Å². The standard InChI is InChI=1S/C23H25FN4.C10H13FN2/c24-20-5-7-21(8-6-20)28-13-11-27(12-14-28)10-2-1-3-19-17-26-23-9-4-18(16-25)15-22(19)23;11-9-1-3-10(4-2-9)13-7-5-12-6-8-13/h4-9,15,17,26H,1-3,10-14H2;1-4,12H,5-8H2. The largest absolute Gasteiger partial charge is 0.369 e. The summed E-state index contributed by atoms with van der Waals surface area (Å²) in [6.45, 7) is 9.23. The fraction of sp³-hybridized carbons (Fsp3) is 0.364. The number of piperazine rings is 2. The highest BCUT2D eigenvalue weighted by molar-refractivity contribution is 5.84. The number of nitriles is 1. The number of hydrogen-bond donors (Lipinski definition) is 2. The van der Waals surface area contributed by atoms with Gasteiger partial charge >= 0.3 is 0 Å². The first-order valence-corrected chi connectivity index (χ1v) is 14.5. The summed E-state index contributed by atoms with van der Waals surface area (Å²) in [7, 11) is 0. The van der Waals surface area contributed by atoms with Crippen LogP contribution in [0.3, 0.4) is 0 Å². The van der Waals surface area contributed by atoms with Gasteiger partial charge in [-0.2, -0.15) is 5.26 Å². The maximum Gasteiger partial charge on any atom is 0.123 e. The molecule has 0 unspecified atom stereocenters. The van der Waals surface area contributed by atoms with Crippen molar-refractivity contribution in [2.24, 2.45) is 0 Å². The van der Waals surface area contributed by atoms with Gasteiger partial charge in [-0.3, -0.25) is 4.90 Å². The van der Waals surface area contributed by atoms with Crippen molar-refractivity contribution in [1.29, 1.82) is 5.26 Å². The Bertz CT molecular complexity index is 1410. The Labute approximate surface area is 241 Å². The van der Waals surface area contributed by atoms with Gasteiger partial charge in [-0.05, 0) is 98.1 Å². The minimum absolute atomic E-state index is 0.168. The highest BCUT2D eigenvalue weighted by Crippen LogP contribution is 2.22. The van der Waals surface area contributed by atoms with Crippen molar-refractivity contribution in [2.75, 3.05) is 68.7 Å². The van der Waals surface area contributed by atoms with Crippen LogP contribution in [0.5, 0.6) is 0 Å². The highest BCUT2D eigenvalue weighted by Gasteiger charge is 2.17. The van der Waals surface area contributed by atoms with Crippen molar-refractivity contribution in [3.05, 3.63) is 95.7 Å². The number of anilines is 2. The van der Waals surface area contributed by atoms with E-state index >= 15 is 0 Å². The number of hydrogen-bond acceptors (Lipinski definition) is 5. The molecule has 0 spiro atoms. The summed E-state index contributed by atoms with van der Waals surface area (Å²) in [6.07, 6.45) is 5.42. The maximum absolute atomic E-state index is 13.1. The first-order chi connectivity index (χ1) is 20.1. The molecule has 6 nitrogen and oxygen atoms in total. The Kier molecular flexibility index (Phi) is 9.84. The number of benzene rings is 3. The molecule has 3 aromatic carbocycles. The van der Waals surface area contributed by atoms with Gasteiger partial charge in [-0.15, -0.1) is 0 Å². The fourth-order valence-electron chi connectivity index (χ4n) is 5.56. The van der Waals surface area contributed by atoms with Gasteiger partial charge in [-0.1, -0.05) is 0 Å². The van der Waals surface area contributed by atoms with E-state index in [0.717, 1.165) is 88.6 Å². The molecule has 214 valence electrons. The highest BCUT2D eigenvalue weighted by atomic mass is 19.1. The number of nitrogens with zero attached hydrogens (tertiary/aromatic N) is 4. The zero-order valence-electron chi connectivity index (χ0n) is 23.5. The first-order valence-electron chi connectivity index (χ1n) is 14.5.